The average Bonchev–Trinajstić information content (AvgIpc) is 2.68. The highest BCUT2D eigenvalue weighted by molar-refractivity contribution is 7.99. The Bertz CT molecular complexity index is 546. The van der Waals surface area contributed by atoms with Crippen molar-refractivity contribution in [2.24, 2.45) is 0 Å². The third kappa shape index (κ3) is 3.06. The van der Waals surface area contributed by atoms with E-state index in [9.17, 15) is 23.7 Å². The molecule has 0 bridgehead atoms. The van der Waals surface area contributed by atoms with Crippen LogP contribution >= 0.6 is 11.8 Å². The van der Waals surface area contributed by atoms with Gasteiger partial charge in [-0.1, -0.05) is 0 Å². The van der Waals surface area contributed by atoms with Gasteiger partial charge in [-0.15, -0.1) is 0 Å². The largest absolute Gasteiger partial charge is 0.338 e. The van der Waals surface area contributed by atoms with Crippen molar-refractivity contribution in [2.45, 2.75) is 6.42 Å². The molecule has 1 aromatic carbocycles. The topological polar surface area (TPSA) is 63.4 Å². The standard InChI is InChI=1S/C12H12F2N2O3S/c13-8-6-9(11(14)10(7-8)16(18)19)12(17)15-2-1-4-20-5-3-15/h6-7H,1-5H2. The first-order chi connectivity index (χ1) is 9.50. The van der Waals surface area contributed by atoms with Crippen LogP contribution in [0.5, 0.6) is 0 Å². The quantitative estimate of drug-likeness (QED) is 0.622. The van der Waals surface area contributed by atoms with Crippen LogP contribution in [0.3, 0.4) is 0 Å². The molecule has 0 atom stereocenters. The number of rotatable bonds is 2. The molecule has 0 N–H and O–H groups in total. The van der Waals surface area contributed by atoms with Crippen molar-refractivity contribution in [3.8, 4) is 0 Å². The Labute approximate surface area is 118 Å². The van der Waals surface area contributed by atoms with Gasteiger partial charge in [-0.25, -0.2) is 4.39 Å². The molecule has 0 aliphatic carbocycles. The summed E-state index contributed by atoms with van der Waals surface area (Å²) in [5, 5.41) is 10.7. The molecule has 1 aliphatic rings. The lowest BCUT2D eigenvalue weighted by Gasteiger charge is -2.20. The Hall–Kier alpha value is -1.70. The Morgan fingerprint density at radius 1 is 1.30 bits per heavy atom. The van der Waals surface area contributed by atoms with Crippen LogP contribution in [0.2, 0.25) is 0 Å². The van der Waals surface area contributed by atoms with E-state index in [0.29, 0.717) is 31.0 Å². The molecule has 2 rings (SSSR count). The second-order valence-electron chi connectivity index (χ2n) is 4.30. The molecule has 0 aromatic heterocycles. The molecule has 5 nitrogen and oxygen atoms in total. The lowest BCUT2D eigenvalue weighted by molar-refractivity contribution is -0.387. The third-order valence-electron chi connectivity index (χ3n) is 2.95. The molecule has 1 aliphatic heterocycles. The summed E-state index contributed by atoms with van der Waals surface area (Å²) in [4.78, 5) is 23.2. The first-order valence-corrected chi connectivity index (χ1v) is 7.16. The van der Waals surface area contributed by atoms with Crippen molar-refractivity contribution >= 4 is 23.4 Å². The number of hydrogen-bond donors (Lipinski definition) is 0. The first-order valence-electron chi connectivity index (χ1n) is 6.01. The van der Waals surface area contributed by atoms with Gasteiger partial charge in [0.05, 0.1) is 16.6 Å². The molecule has 0 radical (unpaired) electrons. The number of amides is 1. The second-order valence-corrected chi connectivity index (χ2v) is 5.53. The Kier molecular flexibility index (Phi) is 4.53. The van der Waals surface area contributed by atoms with Crippen LogP contribution in [0.25, 0.3) is 0 Å². The number of carbonyl (C=O) groups excluding carboxylic acids is 1. The van der Waals surface area contributed by atoms with E-state index < -0.39 is 33.7 Å². The van der Waals surface area contributed by atoms with Crippen molar-refractivity contribution in [1.29, 1.82) is 0 Å². The fourth-order valence-corrected chi connectivity index (χ4v) is 2.87. The van der Waals surface area contributed by atoms with Gasteiger partial charge in [0.1, 0.15) is 5.82 Å². The number of nitrogens with zero attached hydrogens (tertiary/aromatic N) is 2. The molecule has 0 spiro atoms. The molecule has 20 heavy (non-hydrogen) atoms. The molecule has 1 saturated heterocycles. The van der Waals surface area contributed by atoms with Gasteiger partial charge in [-0.3, -0.25) is 14.9 Å². The minimum Gasteiger partial charge on any atom is -0.338 e. The highest BCUT2D eigenvalue weighted by Gasteiger charge is 2.27. The summed E-state index contributed by atoms with van der Waals surface area (Å²) in [6.07, 6.45) is 0.759. The second kappa shape index (κ2) is 6.17. The van der Waals surface area contributed by atoms with Crippen LogP contribution in [0.4, 0.5) is 14.5 Å². The summed E-state index contributed by atoms with van der Waals surface area (Å²) in [6.45, 7) is 0.864. The van der Waals surface area contributed by atoms with E-state index in [0.717, 1.165) is 12.2 Å². The summed E-state index contributed by atoms with van der Waals surface area (Å²) in [6, 6.07) is 1.19. The summed E-state index contributed by atoms with van der Waals surface area (Å²) >= 11 is 1.68. The predicted molar refractivity (Wildman–Crippen MR) is 70.9 cm³/mol. The normalized spacial score (nSPS) is 15.8. The molecule has 1 fully saturated rings. The maximum absolute atomic E-state index is 13.9. The van der Waals surface area contributed by atoms with Crippen LogP contribution in [0, 0.1) is 21.7 Å². The summed E-state index contributed by atoms with van der Waals surface area (Å²) in [7, 11) is 0. The maximum Gasteiger partial charge on any atom is 0.308 e. The van der Waals surface area contributed by atoms with Crippen molar-refractivity contribution in [2.75, 3.05) is 24.6 Å². The van der Waals surface area contributed by atoms with Crippen LogP contribution in [0.1, 0.15) is 16.8 Å². The van der Waals surface area contributed by atoms with Crippen molar-refractivity contribution in [3.05, 3.63) is 39.4 Å². The SMILES string of the molecule is O=C(c1cc(F)cc([N+](=O)[O-])c1F)N1CCCSCC1. The zero-order chi connectivity index (χ0) is 14.7. The summed E-state index contributed by atoms with van der Waals surface area (Å²) in [5.41, 5.74) is -1.60. The Balaban J connectivity index is 2.36. The highest BCUT2D eigenvalue weighted by Crippen LogP contribution is 2.24. The third-order valence-corrected chi connectivity index (χ3v) is 4.00. The number of halogens is 2. The van der Waals surface area contributed by atoms with Crippen LogP contribution in [-0.4, -0.2) is 40.3 Å². The van der Waals surface area contributed by atoms with Crippen molar-refractivity contribution in [3.63, 3.8) is 0 Å². The van der Waals surface area contributed by atoms with Crippen LogP contribution in [0.15, 0.2) is 12.1 Å². The number of hydrogen-bond acceptors (Lipinski definition) is 4. The average molecular weight is 302 g/mol. The van der Waals surface area contributed by atoms with Gasteiger partial charge in [0.2, 0.25) is 5.82 Å². The van der Waals surface area contributed by atoms with E-state index in [1.54, 1.807) is 11.8 Å². The van der Waals surface area contributed by atoms with Crippen molar-refractivity contribution < 1.29 is 18.5 Å². The van der Waals surface area contributed by atoms with E-state index >= 15 is 0 Å². The van der Waals surface area contributed by atoms with Gasteiger partial charge < -0.3 is 4.90 Å². The van der Waals surface area contributed by atoms with E-state index in [4.69, 9.17) is 0 Å². The zero-order valence-corrected chi connectivity index (χ0v) is 11.3. The van der Waals surface area contributed by atoms with E-state index in [2.05, 4.69) is 0 Å². The number of nitro groups is 1. The maximum atomic E-state index is 13.9. The lowest BCUT2D eigenvalue weighted by atomic mass is 10.1. The Morgan fingerprint density at radius 2 is 2.05 bits per heavy atom. The number of benzene rings is 1. The molecule has 1 amide bonds. The number of nitro benzene ring substituents is 1. The molecule has 0 unspecified atom stereocenters. The summed E-state index contributed by atoms with van der Waals surface area (Å²) in [5.74, 6) is -1.36. The van der Waals surface area contributed by atoms with Gasteiger partial charge in [-0.05, 0) is 18.2 Å². The molecular weight excluding hydrogens is 290 g/mol. The monoisotopic (exact) mass is 302 g/mol. The van der Waals surface area contributed by atoms with Gasteiger partial charge in [0, 0.05) is 18.8 Å². The van der Waals surface area contributed by atoms with Gasteiger partial charge in [0.25, 0.3) is 5.91 Å². The van der Waals surface area contributed by atoms with E-state index in [1.807, 2.05) is 0 Å². The van der Waals surface area contributed by atoms with Crippen LogP contribution < -0.4 is 0 Å². The number of carbonyl (C=O) groups is 1. The molecule has 0 saturated carbocycles. The fourth-order valence-electron chi connectivity index (χ4n) is 1.98. The highest BCUT2D eigenvalue weighted by atomic mass is 32.2. The van der Waals surface area contributed by atoms with Crippen LogP contribution in [-0.2, 0) is 0 Å². The minimum absolute atomic E-state index is 0.424. The molecule has 1 heterocycles. The lowest BCUT2D eigenvalue weighted by Crippen LogP contribution is -2.33. The van der Waals surface area contributed by atoms with E-state index in [-0.39, 0.29) is 0 Å². The van der Waals surface area contributed by atoms with E-state index in [1.165, 1.54) is 4.90 Å². The smallest absolute Gasteiger partial charge is 0.308 e. The fraction of sp³-hybridized carbons (Fsp3) is 0.417. The van der Waals surface area contributed by atoms with Gasteiger partial charge >= 0.3 is 5.69 Å². The Morgan fingerprint density at radius 3 is 2.75 bits per heavy atom. The van der Waals surface area contributed by atoms with Crippen molar-refractivity contribution in [1.82, 2.24) is 4.90 Å². The zero-order valence-electron chi connectivity index (χ0n) is 10.5. The predicted octanol–water partition coefficient (Wildman–Crippen LogP) is 2.45. The molecule has 1 aromatic rings. The van der Waals surface area contributed by atoms with Gasteiger partial charge in [-0.2, -0.15) is 16.2 Å². The first kappa shape index (κ1) is 14.7. The summed E-state index contributed by atoms with van der Waals surface area (Å²) < 4.78 is 27.3. The van der Waals surface area contributed by atoms with Gasteiger partial charge in [0.15, 0.2) is 0 Å². The molecule has 108 valence electrons. The minimum atomic E-state index is -1.28. The molecule has 8 heteroatoms. The molecular formula is C12H12F2N2O3S. The number of thioether (sulfide) groups is 1.